The van der Waals surface area contributed by atoms with Gasteiger partial charge in [0.1, 0.15) is 10.7 Å². The smallest absolute Gasteiger partial charge is 0.267 e. The third-order valence-corrected chi connectivity index (χ3v) is 6.37. The maximum Gasteiger partial charge on any atom is 0.267 e. The molecule has 2 atom stereocenters. The number of nitrogens with zero attached hydrogens (tertiary/aromatic N) is 3. The second kappa shape index (κ2) is 6.02. The Morgan fingerprint density at radius 1 is 1.48 bits per heavy atom. The highest BCUT2D eigenvalue weighted by atomic mass is 32.2. The molecule has 1 amide bonds. The lowest BCUT2D eigenvalue weighted by Gasteiger charge is -2.23. The van der Waals surface area contributed by atoms with Gasteiger partial charge in [-0.1, -0.05) is 11.3 Å². The van der Waals surface area contributed by atoms with Crippen LogP contribution in [0, 0.1) is 0 Å². The topological polar surface area (TPSA) is 88.5 Å². The van der Waals surface area contributed by atoms with Gasteiger partial charge in [0, 0.05) is 38.0 Å². The zero-order valence-electron chi connectivity index (χ0n) is 12.1. The molecule has 3 heterocycles. The zero-order chi connectivity index (χ0) is 15.0. The molecule has 0 bridgehead atoms. The largest absolute Gasteiger partial charge is 0.382 e. The summed E-state index contributed by atoms with van der Waals surface area (Å²) in [5.41, 5.74) is 11.9. The molecule has 1 aromatic rings. The number of nitrogen functional groups attached to an aromatic ring is 1. The summed E-state index contributed by atoms with van der Waals surface area (Å²) in [5, 5.41) is 0.818. The third kappa shape index (κ3) is 2.97. The van der Waals surface area contributed by atoms with Gasteiger partial charge in [-0.2, -0.15) is 11.8 Å². The fourth-order valence-electron chi connectivity index (χ4n) is 2.72. The summed E-state index contributed by atoms with van der Waals surface area (Å²) in [5.74, 6) is 2.47. The van der Waals surface area contributed by atoms with E-state index in [9.17, 15) is 4.79 Å². The zero-order valence-corrected chi connectivity index (χ0v) is 13.8. The molecule has 0 saturated carbocycles. The number of hydrogen-bond acceptors (Lipinski definition) is 7. The number of aromatic nitrogens is 1. The lowest BCUT2D eigenvalue weighted by molar-refractivity contribution is 0.0753. The molecule has 2 unspecified atom stereocenters. The van der Waals surface area contributed by atoms with Gasteiger partial charge in [0.05, 0.1) is 0 Å². The van der Waals surface area contributed by atoms with E-state index in [0.29, 0.717) is 16.7 Å². The van der Waals surface area contributed by atoms with Gasteiger partial charge in [0.2, 0.25) is 0 Å². The van der Waals surface area contributed by atoms with E-state index in [-0.39, 0.29) is 11.9 Å². The van der Waals surface area contributed by atoms with Crippen LogP contribution in [0.5, 0.6) is 0 Å². The number of thioether (sulfide) groups is 1. The Hall–Kier alpha value is -0.990. The molecule has 21 heavy (non-hydrogen) atoms. The second-order valence-corrected chi connectivity index (χ2v) is 7.77. The summed E-state index contributed by atoms with van der Waals surface area (Å²) in [4.78, 5) is 21.5. The Labute approximate surface area is 132 Å². The standard InChI is InChI=1S/C13H21N5OS2/c1-17(9-3-5-20-7-9)12(19)10-11(15)16-13(21-10)18-4-2-8(14)6-18/h8-9H,2-7,14-15H2,1H3. The average Bonchev–Trinajstić information content (AvgIpc) is 3.17. The summed E-state index contributed by atoms with van der Waals surface area (Å²) in [7, 11) is 1.86. The molecule has 2 saturated heterocycles. The summed E-state index contributed by atoms with van der Waals surface area (Å²) in [6.45, 7) is 1.67. The number of amides is 1. The molecule has 0 radical (unpaired) electrons. The predicted octanol–water partition coefficient (Wildman–Crippen LogP) is 0.840. The number of carbonyl (C=O) groups excluding carboxylic acids is 1. The SMILES string of the molecule is CN(C(=O)c1sc(N2CCC(N)C2)nc1N)C1CCSC1. The van der Waals surface area contributed by atoms with E-state index in [4.69, 9.17) is 11.5 Å². The third-order valence-electron chi connectivity index (χ3n) is 4.11. The minimum atomic E-state index is -0.00718. The van der Waals surface area contributed by atoms with Gasteiger partial charge in [-0.25, -0.2) is 4.98 Å². The van der Waals surface area contributed by atoms with Crippen molar-refractivity contribution in [3.8, 4) is 0 Å². The first-order chi connectivity index (χ1) is 10.1. The van der Waals surface area contributed by atoms with Crippen LogP contribution < -0.4 is 16.4 Å². The highest BCUT2D eigenvalue weighted by molar-refractivity contribution is 7.99. The average molecular weight is 327 g/mol. The van der Waals surface area contributed by atoms with E-state index < -0.39 is 0 Å². The Kier molecular flexibility index (Phi) is 4.28. The molecule has 0 spiro atoms. The minimum Gasteiger partial charge on any atom is -0.382 e. The van der Waals surface area contributed by atoms with Crippen molar-refractivity contribution < 1.29 is 4.79 Å². The molecule has 3 rings (SSSR count). The fourth-order valence-corrected chi connectivity index (χ4v) is 4.99. The van der Waals surface area contributed by atoms with Crippen molar-refractivity contribution in [2.75, 3.05) is 42.3 Å². The Morgan fingerprint density at radius 3 is 2.90 bits per heavy atom. The van der Waals surface area contributed by atoms with E-state index in [1.165, 1.54) is 11.3 Å². The molecule has 1 aromatic heterocycles. The van der Waals surface area contributed by atoms with Crippen LogP contribution in [0.4, 0.5) is 10.9 Å². The van der Waals surface area contributed by atoms with Crippen LogP contribution in [0.25, 0.3) is 0 Å². The van der Waals surface area contributed by atoms with Gasteiger partial charge in [0.15, 0.2) is 5.13 Å². The van der Waals surface area contributed by atoms with Crippen molar-refractivity contribution in [2.24, 2.45) is 5.73 Å². The Bertz CT molecular complexity index is 529. The summed E-state index contributed by atoms with van der Waals surface area (Å²) in [6, 6.07) is 0.500. The van der Waals surface area contributed by atoms with Crippen LogP contribution in [0.15, 0.2) is 0 Å². The molecule has 8 heteroatoms. The molecule has 4 N–H and O–H groups in total. The van der Waals surface area contributed by atoms with Gasteiger partial charge < -0.3 is 21.3 Å². The van der Waals surface area contributed by atoms with Crippen LogP contribution in [0.3, 0.4) is 0 Å². The van der Waals surface area contributed by atoms with Crippen molar-refractivity contribution in [1.82, 2.24) is 9.88 Å². The first-order valence-electron chi connectivity index (χ1n) is 7.18. The van der Waals surface area contributed by atoms with Crippen molar-refractivity contribution in [1.29, 1.82) is 0 Å². The summed E-state index contributed by atoms with van der Waals surface area (Å²) in [6.07, 6.45) is 2.02. The van der Waals surface area contributed by atoms with E-state index >= 15 is 0 Å². The minimum absolute atomic E-state index is 0.00718. The number of anilines is 2. The molecule has 6 nitrogen and oxygen atoms in total. The fraction of sp³-hybridized carbons (Fsp3) is 0.692. The number of hydrogen-bond donors (Lipinski definition) is 2. The Balaban J connectivity index is 1.75. The second-order valence-electron chi connectivity index (χ2n) is 5.64. The van der Waals surface area contributed by atoms with E-state index in [1.807, 2.05) is 23.7 Å². The quantitative estimate of drug-likeness (QED) is 0.855. The highest BCUT2D eigenvalue weighted by Crippen LogP contribution is 2.32. The number of thiazole rings is 1. The van der Waals surface area contributed by atoms with Crippen molar-refractivity contribution in [3.05, 3.63) is 4.88 Å². The number of carbonyl (C=O) groups is 1. The van der Waals surface area contributed by atoms with Gasteiger partial charge in [-0.15, -0.1) is 0 Å². The summed E-state index contributed by atoms with van der Waals surface area (Å²) >= 11 is 3.28. The van der Waals surface area contributed by atoms with Crippen LogP contribution in [-0.4, -0.2) is 59.5 Å². The predicted molar refractivity (Wildman–Crippen MR) is 89.2 cm³/mol. The lowest BCUT2D eigenvalue weighted by atomic mass is 10.2. The van der Waals surface area contributed by atoms with Crippen LogP contribution in [0.2, 0.25) is 0 Å². The van der Waals surface area contributed by atoms with E-state index in [2.05, 4.69) is 9.88 Å². The van der Waals surface area contributed by atoms with Gasteiger partial charge in [-0.05, 0) is 18.6 Å². The number of rotatable bonds is 3. The van der Waals surface area contributed by atoms with Gasteiger partial charge in [0.25, 0.3) is 5.91 Å². The van der Waals surface area contributed by atoms with Gasteiger partial charge in [-0.3, -0.25) is 4.79 Å². The molecule has 0 aromatic carbocycles. The van der Waals surface area contributed by atoms with Crippen LogP contribution in [0.1, 0.15) is 22.5 Å². The molecule has 2 aliphatic heterocycles. The summed E-state index contributed by atoms with van der Waals surface area (Å²) < 4.78 is 0. The first-order valence-corrected chi connectivity index (χ1v) is 9.15. The van der Waals surface area contributed by atoms with E-state index in [1.54, 1.807) is 0 Å². The molecule has 0 aliphatic carbocycles. The lowest BCUT2D eigenvalue weighted by Crippen LogP contribution is -2.36. The van der Waals surface area contributed by atoms with E-state index in [0.717, 1.165) is 42.6 Å². The van der Waals surface area contributed by atoms with Crippen molar-refractivity contribution >= 4 is 40.0 Å². The Morgan fingerprint density at radius 2 is 2.29 bits per heavy atom. The molecule has 2 fully saturated rings. The maximum absolute atomic E-state index is 12.6. The maximum atomic E-state index is 12.6. The van der Waals surface area contributed by atoms with Crippen LogP contribution >= 0.6 is 23.1 Å². The molecule has 2 aliphatic rings. The first kappa shape index (κ1) is 14.9. The molecule has 116 valence electrons. The normalized spacial score (nSPS) is 25.5. The monoisotopic (exact) mass is 327 g/mol. The number of nitrogens with two attached hydrogens (primary N) is 2. The van der Waals surface area contributed by atoms with Crippen molar-refractivity contribution in [3.63, 3.8) is 0 Å². The highest BCUT2D eigenvalue weighted by Gasteiger charge is 2.29. The van der Waals surface area contributed by atoms with Gasteiger partial charge >= 0.3 is 0 Å². The molecular formula is C13H21N5OS2. The van der Waals surface area contributed by atoms with Crippen LogP contribution in [-0.2, 0) is 0 Å². The van der Waals surface area contributed by atoms with Crippen molar-refractivity contribution in [2.45, 2.75) is 24.9 Å². The molecular weight excluding hydrogens is 306 g/mol.